The molecular formula is C14H25N5OS. The molecule has 0 spiro atoms. The average Bonchev–Trinajstić information content (AvgIpc) is 2.93. The zero-order chi connectivity index (χ0) is 15.6. The molecule has 1 aliphatic heterocycles. The summed E-state index contributed by atoms with van der Waals surface area (Å²) >= 11 is 1.33. The summed E-state index contributed by atoms with van der Waals surface area (Å²) in [5, 5.41) is 3.83. The van der Waals surface area contributed by atoms with E-state index >= 15 is 0 Å². The van der Waals surface area contributed by atoms with Crippen molar-refractivity contribution in [2.45, 2.75) is 38.8 Å². The van der Waals surface area contributed by atoms with Gasteiger partial charge in [-0.05, 0) is 52.3 Å². The fourth-order valence-corrected chi connectivity index (χ4v) is 3.66. The lowest BCUT2D eigenvalue weighted by atomic mass is 10.2. The number of carbonyl (C=O) groups is 1. The highest BCUT2D eigenvalue weighted by Crippen LogP contribution is 2.35. The topological polar surface area (TPSA) is 74.5 Å². The highest BCUT2D eigenvalue weighted by atomic mass is 32.1. The first-order valence-corrected chi connectivity index (χ1v) is 8.15. The molecule has 2 rings (SSSR count). The Kier molecular flexibility index (Phi) is 5.05. The maximum atomic E-state index is 12.4. The molecule has 1 unspecified atom stereocenters. The summed E-state index contributed by atoms with van der Waals surface area (Å²) in [6, 6.07) is 0.506. The molecule has 0 saturated carbocycles. The molecule has 1 fully saturated rings. The minimum absolute atomic E-state index is 0.0841. The van der Waals surface area contributed by atoms with Crippen molar-refractivity contribution in [3.63, 3.8) is 0 Å². The Hall–Kier alpha value is -1.34. The van der Waals surface area contributed by atoms with Crippen LogP contribution in [0, 0.1) is 0 Å². The summed E-state index contributed by atoms with van der Waals surface area (Å²) in [6.45, 7) is 5.82. The number of hydrogen-bond donors (Lipinski definition) is 2. The van der Waals surface area contributed by atoms with Crippen LogP contribution in [0.5, 0.6) is 0 Å². The molecule has 2 heterocycles. The van der Waals surface area contributed by atoms with E-state index in [1.807, 2.05) is 13.8 Å². The number of rotatable bonds is 5. The lowest BCUT2D eigenvalue weighted by molar-refractivity contribution is 0.0944. The Balaban J connectivity index is 2.25. The van der Waals surface area contributed by atoms with Crippen LogP contribution in [0.1, 0.15) is 37.0 Å². The largest absolute Gasteiger partial charge is 0.382 e. The van der Waals surface area contributed by atoms with Crippen molar-refractivity contribution in [1.82, 2.24) is 14.6 Å². The number of nitrogen functional groups attached to an aromatic ring is 1. The van der Waals surface area contributed by atoms with E-state index in [2.05, 4.69) is 33.6 Å². The second kappa shape index (κ2) is 6.62. The molecule has 6 nitrogen and oxygen atoms in total. The first kappa shape index (κ1) is 16.0. The van der Waals surface area contributed by atoms with Crippen LogP contribution in [0.15, 0.2) is 0 Å². The molecule has 3 N–H and O–H groups in total. The van der Waals surface area contributed by atoms with Gasteiger partial charge in [0.1, 0.15) is 10.6 Å². The van der Waals surface area contributed by atoms with Crippen LogP contribution >= 0.6 is 11.5 Å². The Bertz CT molecular complexity index is 500. The van der Waals surface area contributed by atoms with Crippen LogP contribution in [0.25, 0.3) is 0 Å². The summed E-state index contributed by atoms with van der Waals surface area (Å²) in [6.07, 6.45) is 2.28. The Morgan fingerprint density at radius 3 is 2.90 bits per heavy atom. The number of nitrogens with zero attached hydrogens (tertiary/aromatic N) is 3. The quantitative estimate of drug-likeness (QED) is 0.859. The van der Waals surface area contributed by atoms with Crippen LogP contribution in [0.3, 0.4) is 0 Å². The number of hydrogen-bond acceptors (Lipinski definition) is 6. The van der Waals surface area contributed by atoms with Gasteiger partial charge in [0, 0.05) is 25.2 Å². The Labute approximate surface area is 130 Å². The highest BCUT2D eigenvalue weighted by Gasteiger charge is 2.31. The molecule has 7 heteroatoms. The van der Waals surface area contributed by atoms with Gasteiger partial charge in [-0.15, -0.1) is 0 Å². The van der Waals surface area contributed by atoms with Crippen molar-refractivity contribution in [3.05, 3.63) is 5.56 Å². The fourth-order valence-electron chi connectivity index (χ4n) is 2.75. The minimum atomic E-state index is -0.123. The fraction of sp³-hybridized carbons (Fsp3) is 0.714. The smallest absolute Gasteiger partial charge is 0.258 e. The molecule has 1 aliphatic rings. The van der Waals surface area contributed by atoms with Crippen molar-refractivity contribution in [2.24, 2.45) is 0 Å². The normalized spacial score (nSPS) is 18.8. The van der Waals surface area contributed by atoms with Crippen LogP contribution in [0.2, 0.25) is 0 Å². The van der Waals surface area contributed by atoms with Gasteiger partial charge in [-0.2, -0.15) is 4.37 Å². The van der Waals surface area contributed by atoms with Gasteiger partial charge in [0.2, 0.25) is 0 Å². The van der Waals surface area contributed by atoms with Crippen molar-refractivity contribution < 1.29 is 4.79 Å². The third-order valence-electron chi connectivity index (χ3n) is 3.56. The van der Waals surface area contributed by atoms with Crippen LogP contribution in [0.4, 0.5) is 10.8 Å². The summed E-state index contributed by atoms with van der Waals surface area (Å²) in [5.74, 6) is 0.213. The molecule has 0 bridgehead atoms. The van der Waals surface area contributed by atoms with Gasteiger partial charge in [-0.1, -0.05) is 0 Å². The van der Waals surface area contributed by atoms with Crippen molar-refractivity contribution in [3.8, 4) is 0 Å². The van der Waals surface area contributed by atoms with Crippen LogP contribution in [-0.2, 0) is 0 Å². The van der Waals surface area contributed by atoms with Gasteiger partial charge >= 0.3 is 0 Å². The van der Waals surface area contributed by atoms with Gasteiger partial charge in [0.25, 0.3) is 5.91 Å². The standard InChI is InChI=1S/C14H25N5OS/c1-9(2)16-13(20)11-12(15)17-21-14(11)19-7-5-6-10(19)8-18(3)4/h9-10H,5-8H2,1-4H3,(H2,15,17)(H,16,20). The predicted octanol–water partition coefficient (Wildman–Crippen LogP) is 1.39. The second-order valence-corrected chi connectivity index (χ2v) is 6.88. The van der Waals surface area contributed by atoms with E-state index < -0.39 is 0 Å². The van der Waals surface area contributed by atoms with Crippen molar-refractivity contribution >= 4 is 28.3 Å². The zero-order valence-electron chi connectivity index (χ0n) is 13.2. The predicted molar refractivity (Wildman–Crippen MR) is 88.1 cm³/mol. The monoisotopic (exact) mass is 311 g/mol. The lowest BCUT2D eigenvalue weighted by Gasteiger charge is -2.28. The van der Waals surface area contributed by atoms with Crippen molar-refractivity contribution in [2.75, 3.05) is 37.8 Å². The van der Waals surface area contributed by atoms with E-state index in [9.17, 15) is 4.79 Å². The van der Waals surface area contributed by atoms with E-state index in [0.29, 0.717) is 17.4 Å². The van der Waals surface area contributed by atoms with E-state index in [-0.39, 0.29) is 11.9 Å². The third kappa shape index (κ3) is 3.65. The molecule has 1 atom stereocenters. The summed E-state index contributed by atoms with van der Waals surface area (Å²) < 4.78 is 4.21. The third-order valence-corrected chi connectivity index (χ3v) is 4.46. The number of aromatic nitrogens is 1. The van der Waals surface area contributed by atoms with E-state index in [1.165, 1.54) is 11.5 Å². The molecule has 118 valence electrons. The zero-order valence-corrected chi connectivity index (χ0v) is 14.0. The minimum Gasteiger partial charge on any atom is -0.382 e. The maximum absolute atomic E-state index is 12.4. The number of likely N-dealkylation sites (N-methyl/N-ethyl adjacent to an activating group) is 1. The number of anilines is 2. The molecule has 1 amide bonds. The first-order valence-electron chi connectivity index (χ1n) is 7.37. The molecule has 0 aromatic carbocycles. The van der Waals surface area contributed by atoms with Gasteiger partial charge in [-0.3, -0.25) is 4.79 Å². The summed E-state index contributed by atoms with van der Waals surface area (Å²) in [7, 11) is 4.15. The number of nitrogens with two attached hydrogens (primary N) is 1. The van der Waals surface area contributed by atoms with E-state index in [4.69, 9.17) is 5.73 Å². The SMILES string of the molecule is CC(C)NC(=O)c1c(N)nsc1N1CCCC1CN(C)C. The molecule has 21 heavy (non-hydrogen) atoms. The molecule has 0 radical (unpaired) electrons. The van der Waals surface area contributed by atoms with Crippen LogP contribution < -0.4 is 16.0 Å². The first-order chi connectivity index (χ1) is 9.90. The van der Waals surface area contributed by atoms with E-state index in [1.54, 1.807) is 0 Å². The molecule has 1 aromatic rings. The van der Waals surface area contributed by atoms with E-state index in [0.717, 1.165) is 30.9 Å². The second-order valence-electron chi connectivity index (χ2n) is 6.13. The van der Waals surface area contributed by atoms with Crippen LogP contribution in [-0.4, -0.2) is 54.4 Å². The Morgan fingerprint density at radius 2 is 2.29 bits per heavy atom. The van der Waals surface area contributed by atoms with Gasteiger partial charge in [0.05, 0.1) is 0 Å². The van der Waals surface area contributed by atoms with Gasteiger partial charge < -0.3 is 20.9 Å². The lowest BCUT2D eigenvalue weighted by Crippen LogP contribution is -2.38. The summed E-state index contributed by atoms with van der Waals surface area (Å²) in [5.41, 5.74) is 6.47. The Morgan fingerprint density at radius 1 is 1.57 bits per heavy atom. The summed E-state index contributed by atoms with van der Waals surface area (Å²) in [4.78, 5) is 16.9. The number of amides is 1. The van der Waals surface area contributed by atoms with Gasteiger partial charge in [-0.25, -0.2) is 0 Å². The maximum Gasteiger partial charge on any atom is 0.258 e. The molecule has 1 aromatic heterocycles. The average molecular weight is 311 g/mol. The molecule has 1 saturated heterocycles. The van der Waals surface area contributed by atoms with Crippen molar-refractivity contribution in [1.29, 1.82) is 0 Å². The highest BCUT2D eigenvalue weighted by molar-refractivity contribution is 7.11. The number of nitrogens with one attached hydrogen (secondary N) is 1. The molecular weight excluding hydrogens is 286 g/mol. The number of carbonyl (C=O) groups excluding carboxylic acids is 1. The van der Waals surface area contributed by atoms with Gasteiger partial charge in [0.15, 0.2) is 5.82 Å². The molecule has 0 aliphatic carbocycles.